The van der Waals surface area contributed by atoms with Crippen molar-refractivity contribution in [1.29, 1.82) is 0 Å². The summed E-state index contributed by atoms with van der Waals surface area (Å²) in [4.78, 5) is 14.8. The zero-order chi connectivity index (χ0) is 14.9. The van der Waals surface area contributed by atoms with Crippen LogP contribution in [0.3, 0.4) is 0 Å². The number of anilines is 1. The summed E-state index contributed by atoms with van der Waals surface area (Å²) in [6.07, 6.45) is 1.17. The number of sulfonamides is 1. The van der Waals surface area contributed by atoms with Crippen LogP contribution < -0.4 is 10.9 Å². The summed E-state index contributed by atoms with van der Waals surface area (Å²) in [6.45, 7) is 0. The highest BCUT2D eigenvalue weighted by Gasteiger charge is 2.19. The van der Waals surface area contributed by atoms with Crippen molar-refractivity contribution in [2.24, 2.45) is 5.14 Å². The highest BCUT2D eigenvalue weighted by molar-refractivity contribution is 7.89. The Morgan fingerprint density at radius 2 is 2.10 bits per heavy atom. The zero-order valence-electron chi connectivity index (χ0n) is 10.3. The molecule has 0 radical (unpaired) electrons. The molecule has 20 heavy (non-hydrogen) atoms. The van der Waals surface area contributed by atoms with Crippen molar-refractivity contribution >= 4 is 21.7 Å². The quantitative estimate of drug-likeness (QED) is 0.562. The minimum Gasteiger partial charge on any atom is -0.463 e. The van der Waals surface area contributed by atoms with Crippen molar-refractivity contribution in [3.63, 3.8) is 0 Å². The number of carbonyl (C=O) groups is 1. The standard InChI is InChI=1S/C10H11N5O4S/c1-19-10(16)9-13-5-15(14-9)7-3-2-6(11)4-8(7)20(12,17)18/h2-5H,11H2,1H3,(H2,12,17,18). The van der Waals surface area contributed by atoms with Gasteiger partial charge in [0.2, 0.25) is 10.0 Å². The molecular weight excluding hydrogens is 286 g/mol. The number of esters is 1. The third-order valence-electron chi connectivity index (χ3n) is 2.40. The van der Waals surface area contributed by atoms with Gasteiger partial charge in [-0.1, -0.05) is 0 Å². The van der Waals surface area contributed by atoms with Gasteiger partial charge in [0.15, 0.2) is 0 Å². The van der Waals surface area contributed by atoms with Crippen LogP contribution in [0.1, 0.15) is 10.6 Å². The first-order valence-corrected chi connectivity index (χ1v) is 6.80. The fraction of sp³-hybridized carbons (Fsp3) is 0.100. The summed E-state index contributed by atoms with van der Waals surface area (Å²) in [5, 5.41) is 8.95. The molecule has 0 saturated heterocycles. The molecule has 0 unspecified atom stereocenters. The van der Waals surface area contributed by atoms with Gasteiger partial charge in [-0.3, -0.25) is 0 Å². The summed E-state index contributed by atoms with van der Waals surface area (Å²) in [5.74, 6) is -0.943. The number of nitrogens with two attached hydrogens (primary N) is 2. The zero-order valence-corrected chi connectivity index (χ0v) is 11.2. The van der Waals surface area contributed by atoms with Crippen LogP contribution in [0.4, 0.5) is 5.69 Å². The van der Waals surface area contributed by atoms with Gasteiger partial charge in [-0.05, 0) is 18.2 Å². The first kappa shape index (κ1) is 14.0. The lowest BCUT2D eigenvalue weighted by Crippen LogP contribution is -2.16. The normalized spacial score (nSPS) is 11.3. The molecule has 4 N–H and O–H groups in total. The average molecular weight is 297 g/mol. The predicted molar refractivity (Wildman–Crippen MR) is 68.5 cm³/mol. The van der Waals surface area contributed by atoms with Crippen molar-refractivity contribution in [1.82, 2.24) is 14.8 Å². The van der Waals surface area contributed by atoms with Gasteiger partial charge < -0.3 is 10.5 Å². The number of methoxy groups -OCH3 is 1. The second kappa shape index (κ2) is 4.90. The van der Waals surface area contributed by atoms with Crippen molar-refractivity contribution < 1.29 is 17.9 Å². The number of hydrogen-bond donors (Lipinski definition) is 2. The number of hydrogen-bond acceptors (Lipinski definition) is 7. The molecule has 1 heterocycles. The van der Waals surface area contributed by atoms with Gasteiger partial charge >= 0.3 is 5.97 Å². The molecule has 0 fully saturated rings. The van der Waals surface area contributed by atoms with Gasteiger partial charge in [-0.15, -0.1) is 5.10 Å². The second-order valence-electron chi connectivity index (χ2n) is 3.78. The molecule has 9 nitrogen and oxygen atoms in total. The summed E-state index contributed by atoms with van der Waals surface area (Å²) in [7, 11) is -2.82. The van der Waals surface area contributed by atoms with Crippen LogP contribution in [0.5, 0.6) is 0 Å². The van der Waals surface area contributed by atoms with E-state index in [1.807, 2.05) is 0 Å². The van der Waals surface area contributed by atoms with Crippen LogP contribution in [0.25, 0.3) is 5.69 Å². The Balaban J connectivity index is 2.59. The maximum absolute atomic E-state index is 11.5. The van der Waals surface area contributed by atoms with E-state index in [0.29, 0.717) is 0 Å². The van der Waals surface area contributed by atoms with E-state index < -0.39 is 16.0 Å². The van der Waals surface area contributed by atoms with E-state index in [1.54, 1.807) is 0 Å². The summed E-state index contributed by atoms with van der Waals surface area (Å²) >= 11 is 0. The number of nitrogen functional groups attached to an aromatic ring is 1. The van der Waals surface area contributed by atoms with E-state index in [2.05, 4.69) is 14.8 Å². The van der Waals surface area contributed by atoms with Crippen molar-refractivity contribution in [2.45, 2.75) is 4.90 Å². The number of benzene rings is 1. The van der Waals surface area contributed by atoms with E-state index in [1.165, 1.54) is 31.6 Å². The molecule has 0 saturated carbocycles. The predicted octanol–water partition coefficient (Wildman–Crippen LogP) is -0.716. The number of primary sulfonamides is 1. The first-order valence-electron chi connectivity index (χ1n) is 5.25. The summed E-state index contributed by atoms with van der Waals surface area (Å²) in [6, 6.07) is 4.08. The van der Waals surface area contributed by atoms with E-state index in [0.717, 1.165) is 4.68 Å². The highest BCUT2D eigenvalue weighted by Crippen LogP contribution is 2.21. The van der Waals surface area contributed by atoms with Crippen LogP contribution in [0.15, 0.2) is 29.4 Å². The van der Waals surface area contributed by atoms with Crippen LogP contribution in [-0.4, -0.2) is 36.3 Å². The minimum absolute atomic E-state index is 0.129. The maximum atomic E-state index is 11.5. The number of aromatic nitrogens is 3. The van der Waals surface area contributed by atoms with Crippen molar-refractivity contribution in [3.05, 3.63) is 30.4 Å². The Kier molecular flexibility index (Phi) is 3.42. The molecule has 2 aromatic rings. The largest absolute Gasteiger partial charge is 0.463 e. The molecule has 0 spiro atoms. The molecule has 106 valence electrons. The number of rotatable bonds is 3. The van der Waals surface area contributed by atoms with Crippen molar-refractivity contribution in [2.75, 3.05) is 12.8 Å². The van der Waals surface area contributed by atoms with Gasteiger partial charge in [0.05, 0.1) is 12.8 Å². The summed E-state index contributed by atoms with van der Waals surface area (Å²) in [5.41, 5.74) is 5.89. The SMILES string of the molecule is COC(=O)c1ncn(-c2ccc(N)cc2S(N)(=O)=O)n1. The molecule has 1 aromatic carbocycles. The Hall–Kier alpha value is -2.46. The van der Waals surface area contributed by atoms with E-state index >= 15 is 0 Å². The van der Waals surface area contributed by atoms with E-state index in [4.69, 9.17) is 10.9 Å². The highest BCUT2D eigenvalue weighted by atomic mass is 32.2. The van der Waals surface area contributed by atoms with Gasteiger partial charge in [0.1, 0.15) is 11.2 Å². The smallest absolute Gasteiger partial charge is 0.377 e. The molecular formula is C10H11N5O4S. The lowest BCUT2D eigenvalue weighted by molar-refractivity contribution is 0.0587. The Bertz CT molecular complexity index is 768. The average Bonchev–Trinajstić information content (AvgIpc) is 2.86. The monoisotopic (exact) mass is 297 g/mol. The molecule has 0 amide bonds. The van der Waals surface area contributed by atoms with Crippen molar-refractivity contribution in [3.8, 4) is 5.69 Å². The fourth-order valence-corrected chi connectivity index (χ4v) is 2.27. The van der Waals surface area contributed by atoms with Crippen LogP contribution in [0.2, 0.25) is 0 Å². The Labute approximate surface area is 114 Å². The first-order chi connectivity index (χ1) is 9.32. The number of carbonyl (C=O) groups excluding carboxylic acids is 1. The molecule has 2 rings (SSSR count). The van der Waals surface area contributed by atoms with Gasteiger partial charge in [0, 0.05) is 5.69 Å². The molecule has 0 aliphatic heterocycles. The lowest BCUT2D eigenvalue weighted by Gasteiger charge is -2.07. The number of nitrogens with zero attached hydrogens (tertiary/aromatic N) is 3. The third-order valence-corrected chi connectivity index (χ3v) is 3.34. The lowest BCUT2D eigenvalue weighted by atomic mass is 10.3. The molecule has 0 aliphatic rings. The number of ether oxygens (including phenoxy) is 1. The van der Waals surface area contributed by atoms with Gasteiger partial charge in [0.25, 0.3) is 5.82 Å². The molecule has 1 aromatic heterocycles. The molecule has 10 heteroatoms. The second-order valence-corrected chi connectivity index (χ2v) is 5.31. The van der Waals surface area contributed by atoms with Crippen LogP contribution in [0, 0.1) is 0 Å². The minimum atomic E-state index is -4.01. The molecule has 0 aliphatic carbocycles. The summed E-state index contributed by atoms with van der Waals surface area (Å²) < 4.78 is 28.7. The van der Waals surface area contributed by atoms with Gasteiger partial charge in [-0.25, -0.2) is 28.0 Å². The van der Waals surface area contributed by atoms with E-state index in [9.17, 15) is 13.2 Å². The Morgan fingerprint density at radius 3 is 2.70 bits per heavy atom. The van der Waals surface area contributed by atoms with Gasteiger partial charge in [-0.2, -0.15) is 0 Å². The fourth-order valence-electron chi connectivity index (χ4n) is 1.51. The maximum Gasteiger partial charge on any atom is 0.377 e. The topological polar surface area (TPSA) is 143 Å². The molecule has 0 bridgehead atoms. The molecule has 0 atom stereocenters. The van der Waals surface area contributed by atoms with Crippen LogP contribution in [-0.2, 0) is 14.8 Å². The Morgan fingerprint density at radius 1 is 1.40 bits per heavy atom. The third kappa shape index (κ3) is 2.60. The van der Waals surface area contributed by atoms with Crippen LogP contribution >= 0.6 is 0 Å². The van der Waals surface area contributed by atoms with E-state index in [-0.39, 0.29) is 22.1 Å².